The number of carbonyl (C=O) groups is 1. The maximum Gasteiger partial charge on any atom is 0.335 e. The lowest BCUT2D eigenvalue weighted by atomic mass is 9.83. The fourth-order valence-corrected chi connectivity index (χ4v) is 4.75. The first-order valence-electron chi connectivity index (χ1n) is 6.98. The number of aryl methyl sites for hydroxylation is 1. The monoisotopic (exact) mass is 322 g/mol. The smallest absolute Gasteiger partial charge is 0.335 e. The molecule has 1 aromatic rings. The van der Waals surface area contributed by atoms with E-state index < -0.39 is 33.4 Å². The fraction of sp³-hybridized carbons (Fsp3) is 0.438. The quantitative estimate of drug-likeness (QED) is 0.480. The Labute approximate surface area is 131 Å². The second kappa shape index (κ2) is 5.30. The van der Waals surface area contributed by atoms with Crippen molar-refractivity contribution < 1.29 is 23.2 Å². The van der Waals surface area contributed by atoms with Gasteiger partial charge >= 0.3 is 5.97 Å². The number of methoxy groups -OCH3 is 2. The van der Waals surface area contributed by atoms with Crippen molar-refractivity contribution in [1.29, 1.82) is 0 Å². The topological polar surface area (TPSA) is 61.8 Å². The summed E-state index contributed by atoms with van der Waals surface area (Å²) in [5.74, 6) is -1.87. The third-order valence-electron chi connectivity index (χ3n) is 4.33. The van der Waals surface area contributed by atoms with Crippen LogP contribution in [0.1, 0.15) is 12.0 Å². The molecule has 2 aliphatic heterocycles. The molecule has 5 nitrogen and oxygen atoms in total. The molecule has 0 radical (unpaired) electrons. The van der Waals surface area contributed by atoms with Gasteiger partial charge in [-0.2, -0.15) is 0 Å². The fourth-order valence-electron chi connectivity index (χ4n) is 3.06. The molecule has 22 heavy (non-hydrogen) atoms. The average molecular weight is 322 g/mol. The number of hydrogen-bond acceptors (Lipinski definition) is 5. The second-order valence-corrected chi connectivity index (χ2v) is 7.14. The van der Waals surface area contributed by atoms with E-state index in [-0.39, 0.29) is 0 Å². The standard InChI is InChI=1S/C16H18O5S/c1-11-4-6-13(7-5-11)22(18)15-9-8-12(21-14(15)17)10-16(15,19-2)20-3/h4-9,12H,10H2,1-3H3/t12-,15+,22?/m0/s1. The third-order valence-corrected chi connectivity index (χ3v) is 6.23. The highest BCUT2D eigenvalue weighted by molar-refractivity contribution is 7.87. The molecule has 2 bridgehead atoms. The van der Waals surface area contributed by atoms with Gasteiger partial charge in [-0.3, -0.25) is 4.21 Å². The zero-order valence-electron chi connectivity index (χ0n) is 12.7. The van der Waals surface area contributed by atoms with Gasteiger partial charge in [0.2, 0.25) is 10.5 Å². The van der Waals surface area contributed by atoms with Crippen molar-refractivity contribution in [2.24, 2.45) is 0 Å². The molecule has 0 saturated carbocycles. The van der Waals surface area contributed by atoms with E-state index in [2.05, 4.69) is 0 Å². The van der Waals surface area contributed by atoms with Crippen LogP contribution in [-0.2, 0) is 29.8 Å². The molecule has 0 spiro atoms. The predicted molar refractivity (Wildman–Crippen MR) is 80.7 cm³/mol. The summed E-state index contributed by atoms with van der Waals surface area (Å²) >= 11 is 0. The molecule has 1 aromatic carbocycles. The van der Waals surface area contributed by atoms with Gasteiger partial charge in [0.1, 0.15) is 6.10 Å². The van der Waals surface area contributed by atoms with Crippen LogP contribution < -0.4 is 0 Å². The van der Waals surface area contributed by atoms with Gasteiger partial charge in [0.25, 0.3) is 0 Å². The molecule has 0 aromatic heterocycles. The van der Waals surface area contributed by atoms with Crippen LogP contribution in [0.15, 0.2) is 41.3 Å². The molecule has 1 unspecified atom stereocenters. The minimum atomic E-state index is -1.71. The Morgan fingerprint density at radius 1 is 1.23 bits per heavy atom. The maximum atomic E-state index is 13.2. The summed E-state index contributed by atoms with van der Waals surface area (Å²) in [5.41, 5.74) is 1.05. The van der Waals surface area contributed by atoms with Crippen molar-refractivity contribution in [2.45, 2.75) is 34.9 Å². The Kier molecular flexibility index (Phi) is 3.71. The molecule has 3 atom stereocenters. The SMILES string of the molecule is COC1(OC)C[C@@H]2C=C[C@@]1(S(=O)c1ccc(C)cc1)C(=O)O2. The maximum absolute atomic E-state index is 13.2. The van der Waals surface area contributed by atoms with E-state index >= 15 is 0 Å². The number of benzene rings is 1. The number of ether oxygens (including phenoxy) is 3. The largest absolute Gasteiger partial charge is 0.456 e. The van der Waals surface area contributed by atoms with E-state index in [1.807, 2.05) is 19.1 Å². The van der Waals surface area contributed by atoms with E-state index in [4.69, 9.17) is 14.2 Å². The van der Waals surface area contributed by atoms with Gasteiger partial charge in [0.05, 0.1) is 10.8 Å². The van der Waals surface area contributed by atoms with Crippen molar-refractivity contribution >= 4 is 16.8 Å². The molecule has 6 heteroatoms. The molecule has 1 fully saturated rings. The summed E-state index contributed by atoms with van der Waals surface area (Å²) in [6, 6.07) is 7.21. The van der Waals surface area contributed by atoms with Crippen LogP contribution in [0.4, 0.5) is 0 Å². The molecule has 4 rings (SSSR count). The lowest BCUT2D eigenvalue weighted by Gasteiger charge is -2.51. The van der Waals surface area contributed by atoms with Crippen LogP contribution in [0.25, 0.3) is 0 Å². The van der Waals surface area contributed by atoms with E-state index in [1.165, 1.54) is 14.2 Å². The van der Waals surface area contributed by atoms with E-state index in [1.54, 1.807) is 24.3 Å². The molecule has 2 heterocycles. The number of carbonyl (C=O) groups excluding carboxylic acids is 1. The van der Waals surface area contributed by atoms with Gasteiger partial charge in [-0.05, 0) is 31.2 Å². The van der Waals surface area contributed by atoms with Crippen LogP contribution in [0.3, 0.4) is 0 Å². The highest BCUT2D eigenvalue weighted by Crippen LogP contribution is 2.48. The number of rotatable bonds is 4. The minimum Gasteiger partial charge on any atom is -0.456 e. The van der Waals surface area contributed by atoms with Crippen LogP contribution in [-0.4, -0.2) is 41.0 Å². The zero-order chi connectivity index (χ0) is 16.0. The first kappa shape index (κ1) is 15.4. The highest BCUT2D eigenvalue weighted by atomic mass is 32.2. The van der Waals surface area contributed by atoms with Crippen molar-refractivity contribution in [3.8, 4) is 0 Å². The Hall–Kier alpha value is -1.50. The van der Waals surface area contributed by atoms with Crippen LogP contribution >= 0.6 is 0 Å². The second-order valence-electron chi connectivity index (χ2n) is 5.49. The van der Waals surface area contributed by atoms with Crippen LogP contribution in [0, 0.1) is 6.92 Å². The Balaban J connectivity index is 2.15. The number of hydrogen-bond donors (Lipinski definition) is 0. The van der Waals surface area contributed by atoms with Gasteiger partial charge in [-0.25, -0.2) is 4.79 Å². The van der Waals surface area contributed by atoms with Crippen molar-refractivity contribution in [1.82, 2.24) is 0 Å². The van der Waals surface area contributed by atoms with Gasteiger partial charge in [-0.15, -0.1) is 0 Å². The minimum absolute atomic E-state index is 0.319. The van der Waals surface area contributed by atoms with Crippen LogP contribution in [0.5, 0.6) is 0 Å². The third kappa shape index (κ3) is 1.91. The summed E-state index contributed by atoms with van der Waals surface area (Å²) in [5, 5.41) is 0. The molecular formula is C16H18O5S. The van der Waals surface area contributed by atoms with Gasteiger partial charge < -0.3 is 14.2 Å². The Bertz CT molecular complexity index is 647. The molecular weight excluding hydrogens is 304 g/mol. The molecule has 1 saturated heterocycles. The normalized spacial score (nSPS) is 30.1. The highest BCUT2D eigenvalue weighted by Gasteiger charge is 2.68. The van der Waals surface area contributed by atoms with Gasteiger partial charge in [0.15, 0.2) is 0 Å². The van der Waals surface area contributed by atoms with Gasteiger partial charge in [0, 0.05) is 25.5 Å². The summed E-state index contributed by atoms with van der Waals surface area (Å²) in [7, 11) is 1.21. The van der Waals surface area contributed by atoms with E-state index in [9.17, 15) is 9.00 Å². The average Bonchev–Trinajstić information content (AvgIpc) is 2.54. The number of fused-ring (bicyclic) bond motifs is 2. The first-order valence-corrected chi connectivity index (χ1v) is 8.13. The lowest BCUT2D eigenvalue weighted by molar-refractivity contribution is -0.259. The summed E-state index contributed by atoms with van der Waals surface area (Å²) in [6.07, 6.45) is 3.28. The Morgan fingerprint density at radius 2 is 1.86 bits per heavy atom. The van der Waals surface area contributed by atoms with Crippen molar-refractivity contribution in [3.63, 3.8) is 0 Å². The van der Waals surface area contributed by atoms with Crippen LogP contribution in [0.2, 0.25) is 0 Å². The molecule has 0 amide bonds. The van der Waals surface area contributed by atoms with Crippen molar-refractivity contribution in [3.05, 3.63) is 42.0 Å². The summed E-state index contributed by atoms with van der Waals surface area (Å²) in [6.45, 7) is 1.94. The molecule has 118 valence electrons. The zero-order valence-corrected chi connectivity index (χ0v) is 13.5. The number of esters is 1. The first-order chi connectivity index (χ1) is 10.5. The Morgan fingerprint density at radius 3 is 2.41 bits per heavy atom. The van der Waals surface area contributed by atoms with Gasteiger partial charge in [-0.1, -0.05) is 17.7 Å². The van der Waals surface area contributed by atoms with E-state index in [0.717, 1.165) is 5.56 Å². The van der Waals surface area contributed by atoms with E-state index in [0.29, 0.717) is 11.3 Å². The van der Waals surface area contributed by atoms with Crippen molar-refractivity contribution in [2.75, 3.05) is 14.2 Å². The predicted octanol–water partition coefficient (Wildman–Crippen LogP) is 1.72. The molecule has 1 aliphatic carbocycles. The summed E-state index contributed by atoms with van der Waals surface area (Å²) in [4.78, 5) is 13.1. The summed E-state index contributed by atoms with van der Waals surface area (Å²) < 4.78 is 28.1. The molecule has 3 aliphatic rings. The molecule has 0 N–H and O–H groups in total. The lowest BCUT2D eigenvalue weighted by Crippen LogP contribution is -2.69.